The third-order valence-electron chi connectivity index (χ3n) is 12.7. The minimum atomic E-state index is 0.382. The van der Waals surface area contributed by atoms with E-state index in [2.05, 4.69) is 83.4 Å². The standard InChI is InChI=1S/C61H32N8O/c62-33-37-24-38(34-63)27-46(26-37)43-18-21-49-50-22-19-44(47-28-39(35-64)25-40(29-47)36-65)32-55(50)69(54(49)31-43)53-23-20-45(48-15-9-17-57-58(48)51-14-7-8-16-56(51)70-57)30-52(53)61-67-59(41-10-3-1-4-11-41)66-60(68-61)42-12-5-2-6-13-42/h1-32H. The van der Waals surface area contributed by atoms with Gasteiger partial charge in [0.05, 0.1) is 63.3 Å². The summed E-state index contributed by atoms with van der Waals surface area (Å²) in [6.07, 6.45) is 0. The topological polar surface area (TPSA) is 152 Å². The molecule has 9 nitrogen and oxygen atoms in total. The highest BCUT2D eigenvalue weighted by Crippen LogP contribution is 2.43. The van der Waals surface area contributed by atoms with E-state index in [1.165, 1.54) is 0 Å². The van der Waals surface area contributed by atoms with Gasteiger partial charge < -0.3 is 8.98 Å². The number of rotatable bonds is 7. The molecule has 9 heteroatoms. The Bertz CT molecular complexity index is 4040. The molecule has 0 aliphatic heterocycles. The Hall–Kier alpha value is -10.5. The first kappa shape index (κ1) is 41.0. The zero-order valence-corrected chi connectivity index (χ0v) is 37.0. The highest BCUT2D eigenvalue weighted by atomic mass is 16.3. The summed E-state index contributed by atoms with van der Waals surface area (Å²) < 4.78 is 8.59. The summed E-state index contributed by atoms with van der Waals surface area (Å²) in [6.45, 7) is 0. The predicted octanol–water partition coefficient (Wildman–Crippen LogP) is 14.4. The van der Waals surface area contributed by atoms with Crippen molar-refractivity contribution in [1.29, 1.82) is 21.0 Å². The molecule has 0 fully saturated rings. The smallest absolute Gasteiger partial charge is 0.166 e. The number of aromatic nitrogens is 4. The molecule has 0 saturated carbocycles. The number of nitrogens with zero attached hydrogens (tertiary/aromatic N) is 8. The normalized spacial score (nSPS) is 11.1. The molecule has 9 aromatic carbocycles. The van der Waals surface area contributed by atoms with Gasteiger partial charge in [-0.25, -0.2) is 15.0 Å². The molecule has 0 unspecified atom stereocenters. The van der Waals surface area contributed by atoms with Gasteiger partial charge >= 0.3 is 0 Å². The monoisotopic (exact) mass is 892 g/mol. The maximum absolute atomic E-state index is 9.98. The van der Waals surface area contributed by atoms with E-state index in [1.807, 2.05) is 103 Å². The summed E-state index contributed by atoms with van der Waals surface area (Å²) in [6, 6.07) is 71.8. The van der Waals surface area contributed by atoms with Crippen LogP contribution in [0, 0.1) is 45.3 Å². The molecule has 12 rings (SSSR count). The van der Waals surface area contributed by atoms with Crippen molar-refractivity contribution in [3.8, 4) is 97.5 Å². The Morgan fingerprint density at radius 3 is 1.37 bits per heavy atom. The Morgan fingerprint density at radius 2 is 0.829 bits per heavy atom. The van der Waals surface area contributed by atoms with Crippen LogP contribution in [0.5, 0.6) is 0 Å². The van der Waals surface area contributed by atoms with E-state index in [0.29, 0.717) is 45.3 Å². The highest BCUT2D eigenvalue weighted by molar-refractivity contribution is 6.14. The van der Waals surface area contributed by atoms with Gasteiger partial charge in [-0.15, -0.1) is 0 Å². The average molecular weight is 893 g/mol. The van der Waals surface area contributed by atoms with Gasteiger partial charge in [0.2, 0.25) is 0 Å². The van der Waals surface area contributed by atoms with Crippen LogP contribution in [0.25, 0.3) is 117 Å². The molecule has 12 aromatic rings. The van der Waals surface area contributed by atoms with Gasteiger partial charge in [-0.2, -0.15) is 21.0 Å². The van der Waals surface area contributed by atoms with E-state index in [4.69, 9.17) is 19.4 Å². The number of nitriles is 4. The lowest BCUT2D eigenvalue weighted by molar-refractivity contribution is 0.669. The third kappa shape index (κ3) is 7.05. The highest BCUT2D eigenvalue weighted by Gasteiger charge is 2.23. The number of hydrogen-bond donors (Lipinski definition) is 0. The van der Waals surface area contributed by atoms with Gasteiger partial charge in [0.1, 0.15) is 11.2 Å². The largest absolute Gasteiger partial charge is 0.456 e. The van der Waals surface area contributed by atoms with Gasteiger partial charge in [0.15, 0.2) is 17.5 Å². The molecule has 0 spiro atoms. The Labute approximate surface area is 400 Å². The van der Waals surface area contributed by atoms with Crippen molar-refractivity contribution in [2.45, 2.75) is 0 Å². The second kappa shape index (κ2) is 16.8. The molecule has 0 saturated heterocycles. The molecule has 0 atom stereocenters. The Kier molecular flexibility index (Phi) is 9.82. The van der Waals surface area contributed by atoms with Crippen LogP contribution in [-0.4, -0.2) is 19.5 Å². The molecule has 70 heavy (non-hydrogen) atoms. The number of fused-ring (bicyclic) bond motifs is 6. The van der Waals surface area contributed by atoms with Crippen LogP contribution in [0.1, 0.15) is 22.3 Å². The zero-order chi connectivity index (χ0) is 47.3. The lowest BCUT2D eigenvalue weighted by Gasteiger charge is -2.17. The van der Waals surface area contributed by atoms with Crippen molar-refractivity contribution >= 4 is 43.7 Å². The Morgan fingerprint density at radius 1 is 0.343 bits per heavy atom. The van der Waals surface area contributed by atoms with Crippen LogP contribution in [0.2, 0.25) is 0 Å². The molecular formula is C61H32N8O. The maximum atomic E-state index is 9.98. The number of furan rings is 1. The van der Waals surface area contributed by atoms with E-state index >= 15 is 0 Å². The fourth-order valence-corrected chi connectivity index (χ4v) is 9.51. The van der Waals surface area contributed by atoms with Gasteiger partial charge in [0, 0.05) is 38.2 Å². The van der Waals surface area contributed by atoms with E-state index in [-0.39, 0.29) is 0 Å². The molecule has 0 bridgehead atoms. The van der Waals surface area contributed by atoms with Gasteiger partial charge in [-0.05, 0) is 106 Å². The van der Waals surface area contributed by atoms with Gasteiger partial charge in [-0.3, -0.25) is 0 Å². The summed E-state index contributed by atoms with van der Waals surface area (Å²) >= 11 is 0. The van der Waals surface area contributed by atoms with Gasteiger partial charge in [0.25, 0.3) is 0 Å². The lowest BCUT2D eigenvalue weighted by Crippen LogP contribution is -2.04. The number of benzene rings is 9. The van der Waals surface area contributed by atoms with Crippen molar-refractivity contribution in [1.82, 2.24) is 19.5 Å². The van der Waals surface area contributed by atoms with E-state index in [1.54, 1.807) is 36.4 Å². The first-order chi connectivity index (χ1) is 34.5. The lowest BCUT2D eigenvalue weighted by atomic mass is 9.96. The first-order valence-electron chi connectivity index (χ1n) is 22.4. The predicted molar refractivity (Wildman–Crippen MR) is 273 cm³/mol. The van der Waals surface area contributed by atoms with Crippen LogP contribution >= 0.6 is 0 Å². The molecule has 0 N–H and O–H groups in total. The SMILES string of the molecule is N#Cc1cc(C#N)cc(-c2ccc3c4ccc(-c5cc(C#N)cc(C#N)c5)cc4n(-c4ccc(-c5cccc6oc7ccccc7c56)cc4-c4nc(-c5ccccc5)nc(-c5ccccc5)n4)c3c2)c1. The van der Waals surface area contributed by atoms with Crippen LogP contribution in [0.4, 0.5) is 0 Å². The molecule has 3 heterocycles. The fourth-order valence-electron chi connectivity index (χ4n) is 9.51. The van der Waals surface area contributed by atoms with Crippen LogP contribution < -0.4 is 0 Å². The summed E-state index contributed by atoms with van der Waals surface area (Å²) in [5.41, 5.74) is 12.8. The van der Waals surface area contributed by atoms with E-state index in [0.717, 1.165) is 93.9 Å². The minimum Gasteiger partial charge on any atom is -0.456 e. The van der Waals surface area contributed by atoms with Crippen molar-refractivity contribution in [3.63, 3.8) is 0 Å². The fraction of sp³-hybridized carbons (Fsp3) is 0. The first-order valence-corrected chi connectivity index (χ1v) is 22.4. The molecule has 3 aromatic heterocycles. The van der Waals surface area contributed by atoms with Crippen molar-refractivity contribution in [2.24, 2.45) is 0 Å². The summed E-state index contributed by atoms with van der Waals surface area (Å²) in [4.78, 5) is 15.6. The number of hydrogen-bond acceptors (Lipinski definition) is 8. The Balaban J connectivity index is 1.20. The quantitative estimate of drug-likeness (QED) is 0.153. The third-order valence-corrected chi connectivity index (χ3v) is 12.7. The molecule has 0 aliphatic carbocycles. The molecular weight excluding hydrogens is 861 g/mol. The zero-order valence-electron chi connectivity index (χ0n) is 37.0. The van der Waals surface area contributed by atoms with Gasteiger partial charge in [-0.1, -0.05) is 121 Å². The molecule has 0 radical (unpaired) electrons. The number of para-hydroxylation sites is 1. The van der Waals surface area contributed by atoms with Crippen LogP contribution in [-0.2, 0) is 0 Å². The van der Waals surface area contributed by atoms with Crippen LogP contribution in [0.15, 0.2) is 199 Å². The minimum absolute atomic E-state index is 0.382. The maximum Gasteiger partial charge on any atom is 0.166 e. The molecule has 0 amide bonds. The second-order valence-corrected chi connectivity index (χ2v) is 16.9. The summed E-state index contributed by atoms with van der Waals surface area (Å²) in [5, 5.41) is 43.8. The van der Waals surface area contributed by atoms with Crippen LogP contribution in [0.3, 0.4) is 0 Å². The van der Waals surface area contributed by atoms with Crippen molar-refractivity contribution in [2.75, 3.05) is 0 Å². The molecule has 0 aliphatic rings. The molecule has 322 valence electrons. The van der Waals surface area contributed by atoms with E-state index < -0.39 is 0 Å². The average Bonchev–Trinajstić information content (AvgIpc) is 3.98. The summed E-state index contributed by atoms with van der Waals surface area (Å²) in [5.74, 6) is 1.45. The second-order valence-electron chi connectivity index (χ2n) is 16.9. The summed E-state index contributed by atoms with van der Waals surface area (Å²) in [7, 11) is 0. The van der Waals surface area contributed by atoms with Crippen molar-refractivity contribution < 1.29 is 4.42 Å². The van der Waals surface area contributed by atoms with E-state index in [9.17, 15) is 21.0 Å². The van der Waals surface area contributed by atoms with Crippen molar-refractivity contribution in [3.05, 3.63) is 216 Å².